The summed E-state index contributed by atoms with van der Waals surface area (Å²) in [5.41, 5.74) is 0. The van der Waals surface area contributed by atoms with Crippen LogP contribution in [0.3, 0.4) is 0 Å². The maximum Gasteiger partial charge on any atom is 0.306 e. The van der Waals surface area contributed by atoms with Crippen LogP contribution in [0.25, 0.3) is 0 Å². The largest absolute Gasteiger partial charge is 0.462 e. The van der Waals surface area contributed by atoms with Gasteiger partial charge in [0.2, 0.25) is 0 Å². The van der Waals surface area contributed by atoms with E-state index in [2.05, 4.69) is 34.6 Å². The van der Waals surface area contributed by atoms with Gasteiger partial charge < -0.3 is 14.2 Å². The maximum absolute atomic E-state index is 12.9. The second kappa shape index (κ2) is 59.7. The Kier molecular flexibility index (Phi) is 58.4. The quantitative estimate of drug-likeness (QED) is 0.0343. The number of hydrogen-bond donors (Lipinski definition) is 0. The van der Waals surface area contributed by atoms with Crippen molar-refractivity contribution in [3.05, 3.63) is 0 Å². The molecule has 2 atom stereocenters. The highest BCUT2D eigenvalue weighted by molar-refractivity contribution is 5.71. The first-order chi connectivity index (χ1) is 35.8. The Morgan fingerprint density at radius 2 is 0.521 bits per heavy atom. The van der Waals surface area contributed by atoms with Crippen LogP contribution in [0, 0.1) is 11.8 Å². The summed E-state index contributed by atoms with van der Waals surface area (Å²) in [5, 5.41) is 0. The van der Waals surface area contributed by atoms with Gasteiger partial charge in [0.1, 0.15) is 13.2 Å². The summed E-state index contributed by atoms with van der Waals surface area (Å²) in [7, 11) is 0. The molecule has 73 heavy (non-hydrogen) atoms. The fraction of sp³-hybridized carbons (Fsp3) is 0.955. The van der Waals surface area contributed by atoms with E-state index in [1.807, 2.05) is 0 Å². The van der Waals surface area contributed by atoms with Crippen LogP contribution >= 0.6 is 0 Å². The molecule has 0 aliphatic rings. The van der Waals surface area contributed by atoms with E-state index in [9.17, 15) is 14.4 Å². The third-order valence-electron chi connectivity index (χ3n) is 15.8. The minimum absolute atomic E-state index is 0.0615. The molecule has 0 saturated heterocycles. The molecule has 0 aromatic carbocycles. The van der Waals surface area contributed by atoms with Gasteiger partial charge in [0.05, 0.1) is 0 Å². The molecule has 0 aromatic heterocycles. The normalized spacial score (nSPS) is 12.4. The summed E-state index contributed by atoms with van der Waals surface area (Å²) in [6.45, 7) is 11.5. The topological polar surface area (TPSA) is 78.9 Å². The van der Waals surface area contributed by atoms with Crippen molar-refractivity contribution in [1.82, 2.24) is 0 Å². The van der Waals surface area contributed by atoms with Crippen LogP contribution in [0.4, 0.5) is 0 Å². The van der Waals surface area contributed by atoms with Crippen molar-refractivity contribution in [1.29, 1.82) is 0 Å². The second-order valence-corrected chi connectivity index (χ2v) is 23.8. The fourth-order valence-electron chi connectivity index (χ4n) is 10.4. The average molecular weight is 1030 g/mol. The summed E-state index contributed by atoms with van der Waals surface area (Å²) in [4.78, 5) is 38.4. The zero-order valence-electron chi connectivity index (χ0n) is 50.3. The molecule has 0 saturated carbocycles. The molecule has 0 rings (SSSR count). The van der Waals surface area contributed by atoms with Crippen molar-refractivity contribution in [3.63, 3.8) is 0 Å². The molecule has 0 aromatic rings. The summed E-state index contributed by atoms with van der Waals surface area (Å²) >= 11 is 0. The van der Waals surface area contributed by atoms with Crippen molar-refractivity contribution in [2.45, 2.75) is 387 Å². The Labute approximate surface area is 457 Å². The minimum Gasteiger partial charge on any atom is -0.462 e. The summed E-state index contributed by atoms with van der Waals surface area (Å²) in [6.07, 6.45) is 66.7. The number of hydrogen-bond acceptors (Lipinski definition) is 6. The van der Waals surface area contributed by atoms with E-state index in [1.165, 1.54) is 270 Å². The minimum atomic E-state index is -0.764. The van der Waals surface area contributed by atoms with Crippen molar-refractivity contribution in [3.8, 4) is 0 Å². The van der Waals surface area contributed by atoms with Crippen molar-refractivity contribution in [2.24, 2.45) is 11.8 Å². The highest BCUT2D eigenvalue weighted by Crippen LogP contribution is 2.20. The lowest BCUT2D eigenvalue weighted by Crippen LogP contribution is -2.30. The predicted molar refractivity (Wildman–Crippen MR) is 316 cm³/mol. The molecule has 0 amide bonds. The molecule has 6 heteroatoms. The van der Waals surface area contributed by atoms with E-state index >= 15 is 0 Å². The van der Waals surface area contributed by atoms with Gasteiger partial charge in [0, 0.05) is 19.3 Å². The SMILES string of the molecule is CCCCCCCCCCCCCCCCCC(=O)OC[C@@H](COC(=O)CCCCCCCCCCCCCCCCCCCCC(C)CC)OC(=O)CCCCCCCCCCCCCCCCCC(C)C. The van der Waals surface area contributed by atoms with Gasteiger partial charge in [0.15, 0.2) is 6.10 Å². The Morgan fingerprint density at radius 3 is 0.781 bits per heavy atom. The Bertz CT molecular complexity index is 1120. The van der Waals surface area contributed by atoms with E-state index in [0.29, 0.717) is 19.3 Å². The molecular formula is C67H130O6. The van der Waals surface area contributed by atoms with Crippen molar-refractivity contribution < 1.29 is 28.6 Å². The standard InChI is InChI=1S/C67H130O6/c1-6-8-9-10-11-12-13-14-20-27-32-37-42-47-52-57-65(68)71-60-64(73-67(70)59-54-49-44-39-34-29-24-19-21-25-30-35-40-45-50-55-62(3)4)61-72-66(69)58-53-48-43-38-33-28-23-18-16-15-17-22-26-31-36-41-46-51-56-63(5)7-2/h62-64H,6-61H2,1-5H3/t63?,64-/m0/s1. The molecular weight excluding hydrogens is 901 g/mol. The average Bonchev–Trinajstić information content (AvgIpc) is 3.38. The summed E-state index contributed by atoms with van der Waals surface area (Å²) in [5.74, 6) is 0.930. The molecule has 0 spiro atoms. The van der Waals surface area contributed by atoms with Crippen LogP contribution < -0.4 is 0 Å². The Balaban J connectivity index is 4.26. The van der Waals surface area contributed by atoms with Gasteiger partial charge in [-0.05, 0) is 31.1 Å². The maximum atomic E-state index is 12.9. The monoisotopic (exact) mass is 1030 g/mol. The molecule has 6 nitrogen and oxygen atoms in total. The molecule has 0 fully saturated rings. The van der Waals surface area contributed by atoms with E-state index in [1.54, 1.807) is 0 Å². The van der Waals surface area contributed by atoms with Gasteiger partial charge in [-0.15, -0.1) is 0 Å². The molecule has 1 unspecified atom stereocenters. The molecule has 0 N–H and O–H groups in total. The van der Waals surface area contributed by atoms with E-state index < -0.39 is 6.10 Å². The number of rotatable bonds is 61. The van der Waals surface area contributed by atoms with E-state index in [-0.39, 0.29) is 31.1 Å². The van der Waals surface area contributed by atoms with Crippen LogP contribution in [0.1, 0.15) is 381 Å². The van der Waals surface area contributed by atoms with Crippen LogP contribution in [-0.4, -0.2) is 37.2 Å². The number of esters is 3. The molecule has 0 bridgehead atoms. The first-order valence-electron chi connectivity index (χ1n) is 33.3. The molecule has 0 radical (unpaired) electrons. The lowest BCUT2D eigenvalue weighted by Gasteiger charge is -2.18. The van der Waals surface area contributed by atoms with Gasteiger partial charge in [0.25, 0.3) is 0 Å². The first-order valence-corrected chi connectivity index (χ1v) is 33.3. The number of unbranched alkanes of at least 4 members (excludes halogenated alkanes) is 45. The lowest BCUT2D eigenvalue weighted by molar-refractivity contribution is -0.167. The summed E-state index contributed by atoms with van der Waals surface area (Å²) < 4.78 is 17.0. The molecule has 0 aliphatic heterocycles. The second-order valence-electron chi connectivity index (χ2n) is 23.8. The van der Waals surface area contributed by atoms with Crippen molar-refractivity contribution >= 4 is 17.9 Å². The number of ether oxygens (including phenoxy) is 3. The van der Waals surface area contributed by atoms with Crippen LogP contribution in [0.5, 0.6) is 0 Å². The number of carbonyl (C=O) groups is 3. The third-order valence-corrected chi connectivity index (χ3v) is 15.8. The highest BCUT2D eigenvalue weighted by atomic mass is 16.6. The van der Waals surface area contributed by atoms with Crippen LogP contribution in [0.2, 0.25) is 0 Å². The van der Waals surface area contributed by atoms with Crippen LogP contribution in [0.15, 0.2) is 0 Å². The lowest BCUT2D eigenvalue weighted by atomic mass is 9.99. The Hall–Kier alpha value is -1.59. The first kappa shape index (κ1) is 71.4. The zero-order valence-corrected chi connectivity index (χ0v) is 50.3. The third kappa shape index (κ3) is 59.5. The van der Waals surface area contributed by atoms with E-state index in [4.69, 9.17) is 14.2 Å². The molecule has 0 heterocycles. The fourth-order valence-corrected chi connectivity index (χ4v) is 10.4. The zero-order chi connectivity index (χ0) is 53.2. The summed E-state index contributed by atoms with van der Waals surface area (Å²) in [6, 6.07) is 0. The molecule has 434 valence electrons. The van der Waals surface area contributed by atoms with Gasteiger partial charge >= 0.3 is 17.9 Å². The van der Waals surface area contributed by atoms with Crippen molar-refractivity contribution in [2.75, 3.05) is 13.2 Å². The van der Waals surface area contributed by atoms with Gasteiger partial charge in [-0.2, -0.15) is 0 Å². The Morgan fingerprint density at radius 1 is 0.288 bits per heavy atom. The number of carbonyl (C=O) groups excluding carboxylic acids is 3. The van der Waals surface area contributed by atoms with Gasteiger partial charge in [-0.1, -0.05) is 343 Å². The predicted octanol–water partition coefficient (Wildman–Crippen LogP) is 22.4. The smallest absolute Gasteiger partial charge is 0.306 e. The van der Waals surface area contributed by atoms with Gasteiger partial charge in [-0.3, -0.25) is 14.4 Å². The van der Waals surface area contributed by atoms with Crippen LogP contribution in [-0.2, 0) is 28.6 Å². The van der Waals surface area contributed by atoms with Gasteiger partial charge in [-0.25, -0.2) is 0 Å². The highest BCUT2D eigenvalue weighted by Gasteiger charge is 2.19. The van der Waals surface area contributed by atoms with E-state index in [0.717, 1.165) is 69.6 Å². The molecule has 0 aliphatic carbocycles.